The molecule has 0 aromatic rings. The molecule has 2 N–H and O–H groups in total. The summed E-state index contributed by atoms with van der Waals surface area (Å²) < 4.78 is 39.6. The van der Waals surface area contributed by atoms with Crippen LogP contribution in [0.5, 0.6) is 0 Å². The molecule has 446 valence electrons. The van der Waals surface area contributed by atoms with E-state index in [1.54, 1.807) is 0 Å². The van der Waals surface area contributed by atoms with Gasteiger partial charge in [0.15, 0.2) is 6.10 Å². The molecule has 3 unspecified atom stereocenters. The van der Waals surface area contributed by atoms with Gasteiger partial charge in [0.2, 0.25) is 0 Å². The quantitative estimate of drug-likeness (QED) is 0.0197. The zero-order chi connectivity index (χ0) is 55.5. The van der Waals surface area contributed by atoms with Crippen LogP contribution in [0.3, 0.4) is 0 Å². The number of phosphoric ester groups is 1. The Morgan fingerprint density at radius 1 is 0.368 bits per heavy atom. The zero-order valence-corrected chi connectivity index (χ0v) is 50.4. The van der Waals surface area contributed by atoms with Crippen LogP contribution in [-0.2, 0) is 42.2 Å². The van der Waals surface area contributed by atoms with E-state index in [0.29, 0.717) is 19.3 Å². The van der Waals surface area contributed by atoms with Gasteiger partial charge in [-0.2, -0.15) is 0 Å². The second-order valence-electron chi connectivity index (χ2n) is 21.6. The largest absolute Gasteiger partial charge is 0.472 e. The lowest BCUT2D eigenvalue weighted by Gasteiger charge is -2.21. The molecule has 0 saturated heterocycles. The van der Waals surface area contributed by atoms with Crippen LogP contribution in [-0.4, -0.2) is 66.5 Å². The monoisotopic (exact) mass is 1090 g/mol. The number of hydrogen-bond acceptors (Lipinski definition) is 10. The molecule has 0 amide bonds. The van der Waals surface area contributed by atoms with Crippen molar-refractivity contribution in [1.29, 1.82) is 0 Å². The highest BCUT2D eigenvalue weighted by atomic mass is 31.2. The van der Waals surface area contributed by atoms with Crippen molar-refractivity contribution >= 4 is 25.7 Å². The first-order chi connectivity index (χ1) is 37.2. The number of hydrogen-bond donors (Lipinski definition) is 2. The Morgan fingerprint density at radius 2 is 0.645 bits per heavy atom. The number of aliphatic hydroxyl groups excluding tert-OH is 1. The molecule has 12 heteroatoms. The van der Waals surface area contributed by atoms with Crippen molar-refractivity contribution in [3.05, 3.63) is 36.5 Å². The first-order valence-corrected chi connectivity index (χ1v) is 33.4. The Hall–Kier alpha value is -2.30. The van der Waals surface area contributed by atoms with Crippen LogP contribution in [0.4, 0.5) is 0 Å². The molecular weight excluding hydrogens is 976 g/mol. The van der Waals surface area contributed by atoms with Crippen molar-refractivity contribution in [2.45, 2.75) is 328 Å². The van der Waals surface area contributed by atoms with Crippen molar-refractivity contribution in [2.24, 2.45) is 0 Å². The van der Waals surface area contributed by atoms with Gasteiger partial charge in [0.25, 0.3) is 0 Å². The lowest BCUT2D eigenvalue weighted by atomic mass is 10.0. The predicted molar refractivity (Wildman–Crippen MR) is 316 cm³/mol. The Morgan fingerprint density at radius 3 is 1.01 bits per heavy atom. The summed E-state index contributed by atoms with van der Waals surface area (Å²) >= 11 is 0. The second kappa shape index (κ2) is 58.8. The summed E-state index contributed by atoms with van der Waals surface area (Å²) in [6.45, 7) is 4.65. The number of carbonyl (C=O) groups is 3. The number of carbonyl (C=O) groups excluding carboxylic acids is 3. The minimum absolute atomic E-state index is 0.155. The van der Waals surface area contributed by atoms with Crippen molar-refractivity contribution in [2.75, 3.05) is 26.4 Å². The number of ether oxygens (including phenoxy) is 3. The third kappa shape index (κ3) is 56.4. The van der Waals surface area contributed by atoms with E-state index >= 15 is 0 Å². The van der Waals surface area contributed by atoms with Crippen LogP contribution in [0.15, 0.2) is 36.5 Å². The number of esters is 3. The molecule has 0 fully saturated rings. The molecule has 0 aromatic carbocycles. The Kier molecular flexibility index (Phi) is 57.1. The summed E-state index contributed by atoms with van der Waals surface area (Å²) in [6.07, 6.45) is 62.4. The third-order valence-electron chi connectivity index (χ3n) is 14.0. The molecule has 0 aromatic heterocycles. The van der Waals surface area contributed by atoms with Gasteiger partial charge in [0, 0.05) is 19.3 Å². The number of phosphoric acid groups is 1. The summed E-state index contributed by atoms with van der Waals surface area (Å²) in [7, 11) is -4.75. The minimum Gasteiger partial charge on any atom is -0.462 e. The molecule has 0 spiro atoms. The van der Waals surface area contributed by atoms with Crippen LogP contribution >= 0.6 is 7.82 Å². The van der Waals surface area contributed by atoms with Gasteiger partial charge in [0.1, 0.15) is 12.7 Å². The molecule has 0 aliphatic rings. The molecule has 0 aliphatic heterocycles. The zero-order valence-electron chi connectivity index (χ0n) is 49.5. The first kappa shape index (κ1) is 73.7. The Bertz CT molecular complexity index is 1420. The fourth-order valence-corrected chi connectivity index (χ4v) is 9.93. The molecule has 0 saturated carbocycles. The third-order valence-corrected chi connectivity index (χ3v) is 15.0. The minimum atomic E-state index is -4.75. The van der Waals surface area contributed by atoms with Gasteiger partial charge >= 0.3 is 25.7 Å². The number of aliphatic hydroxyl groups is 1. The van der Waals surface area contributed by atoms with Crippen LogP contribution in [0, 0.1) is 0 Å². The van der Waals surface area contributed by atoms with E-state index < -0.39 is 57.8 Å². The van der Waals surface area contributed by atoms with E-state index in [1.807, 2.05) is 0 Å². The van der Waals surface area contributed by atoms with E-state index in [4.69, 9.17) is 23.3 Å². The van der Waals surface area contributed by atoms with Gasteiger partial charge in [-0.1, -0.05) is 256 Å². The highest BCUT2D eigenvalue weighted by molar-refractivity contribution is 7.47. The smallest absolute Gasteiger partial charge is 0.462 e. The summed E-state index contributed by atoms with van der Waals surface area (Å²) in [6, 6.07) is 0. The fraction of sp³-hybridized carbons (Fsp3) is 0.859. The van der Waals surface area contributed by atoms with Gasteiger partial charge in [0.05, 0.1) is 19.8 Å². The van der Waals surface area contributed by atoms with Gasteiger partial charge < -0.3 is 24.2 Å². The van der Waals surface area contributed by atoms with Gasteiger partial charge in [-0.15, -0.1) is 0 Å². The lowest BCUT2D eigenvalue weighted by molar-refractivity contribution is -0.161. The highest BCUT2D eigenvalue weighted by Crippen LogP contribution is 2.43. The Labute approximate surface area is 467 Å². The second-order valence-corrected chi connectivity index (χ2v) is 23.0. The van der Waals surface area contributed by atoms with Crippen LogP contribution in [0.1, 0.15) is 316 Å². The average Bonchev–Trinajstić information content (AvgIpc) is 3.41. The molecule has 11 nitrogen and oxygen atoms in total. The van der Waals surface area contributed by atoms with Crippen molar-refractivity contribution < 1.29 is 52.2 Å². The highest BCUT2D eigenvalue weighted by Gasteiger charge is 2.28. The summed E-state index contributed by atoms with van der Waals surface area (Å²) in [5, 5.41) is 9.84. The summed E-state index contributed by atoms with van der Waals surface area (Å²) in [4.78, 5) is 48.7. The molecule has 76 heavy (non-hydrogen) atoms. The van der Waals surface area contributed by atoms with E-state index in [0.717, 1.165) is 103 Å². The number of rotatable bonds is 60. The standard InChI is InChI=1S/C64H119O11P/c1-4-7-10-13-16-19-22-25-28-29-30-31-34-35-38-41-44-47-50-53-62(66)71-57-61(75-64(68)55-52-49-46-43-40-37-33-27-24-21-18-15-12-9-6-3)59-73-76(69,70)72-58-60(56-65)74-63(67)54-51-48-45-42-39-36-32-26-23-20-17-14-11-8-5-2/h18,21,26-27,32-33,60-61,65H,4-17,19-20,22-25,28-31,34-59H2,1-3H3,(H,69,70)/b21-18-,32-26-,33-27-. The van der Waals surface area contributed by atoms with Crippen molar-refractivity contribution in [3.63, 3.8) is 0 Å². The Balaban J connectivity index is 4.67. The molecule has 0 rings (SSSR count). The molecule has 0 bridgehead atoms. The van der Waals surface area contributed by atoms with Gasteiger partial charge in [-0.3, -0.25) is 23.4 Å². The van der Waals surface area contributed by atoms with Crippen molar-refractivity contribution in [3.8, 4) is 0 Å². The normalized spacial score (nSPS) is 13.5. The van der Waals surface area contributed by atoms with Crippen molar-refractivity contribution in [1.82, 2.24) is 0 Å². The topological polar surface area (TPSA) is 155 Å². The van der Waals surface area contributed by atoms with Crippen LogP contribution < -0.4 is 0 Å². The van der Waals surface area contributed by atoms with E-state index in [1.165, 1.54) is 154 Å². The number of unbranched alkanes of at least 4 members (excludes halogenated alkanes) is 37. The maximum absolute atomic E-state index is 12.9. The van der Waals surface area contributed by atoms with Crippen LogP contribution in [0.2, 0.25) is 0 Å². The maximum Gasteiger partial charge on any atom is 0.472 e. The summed E-state index contributed by atoms with van der Waals surface area (Å²) in [5.41, 5.74) is 0. The molecule has 0 radical (unpaired) electrons. The van der Waals surface area contributed by atoms with E-state index in [9.17, 15) is 28.9 Å². The molecule has 0 aliphatic carbocycles. The fourth-order valence-electron chi connectivity index (χ4n) is 9.15. The predicted octanol–water partition coefficient (Wildman–Crippen LogP) is 19.2. The summed E-state index contributed by atoms with van der Waals surface area (Å²) in [5.74, 6) is -1.46. The molecular formula is C64H119O11P. The van der Waals surface area contributed by atoms with Gasteiger partial charge in [-0.05, 0) is 77.0 Å². The molecule has 0 heterocycles. The SMILES string of the molecule is CCCCC/C=C\C/C=C\CCCCCCCC(=O)OC(COC(=O)CCCCCCCCCCCCCCCCCCCCC)COP(=O)(O)OCC(CO)OC(=O)CCCCCCC/C=C\CCCCCCCC. The van der Waals surface area contributed by atoms with E-state index in [2.05, 4.69) is 57.2 Å². The molecule has 3 atom stereocenters. The maximum atomic E-state index is 12.9. The number of allylic oxidation sites excluding steroid dienone is 6. The van der Waals surface area contributed by atoms with Crippen LogP contribution in [0.25, 0.3) is 0 Å². The average molecular weight is 1100 g/mol. The lowest BCUT2D eigenvalue weighted by Crippen LogP contribution is -2.30. The first-order valence-electron chi connectivity index (χ1n) is 31.9. The van der Waals surface area contributed by atoms with Gasteiger partial charge in [-0.25, -0.2) is 4.57 Å². The van der Waals surface area contributed by atoms with E-state index in [-0.39, 0.29) is 25.9 Å².